The van der Waals surface area contributed by atoms with E-state index in [1.54, 1.807) is 24.3 Å². The van der Waals surface area contributed by atoms with Gasteiger partial charge in [0.15, 0.2) is 0 Å². The van der Waals surface area contributed by atoms with Crippen molar-refractivity contribution in [3.8, 4) is 0 Å². The molecule has 0 fully saturated rings. The van der Waals surface area contributed by atoms with Gasteiger partial charge in [-0.25, -0.2) is 5.01 Å². The van der Waals surface area contributed by atoms with Crippen LogP contribution in [0.4, 0.5) is 0 Å². The summed E-state index contributed by atoms with van der Waals surface area (Å²) in [6, 6.07) is 12.4. The summed E-state index contributed by atoms with van der Waals surface area (Å²) in [7, 11) is 0. The first kappa shape index (κ1) is 23.0. The second kappa shape index (κ2) is 9.45. The Morgan fingerprint density at radius 1 is 1.07 bits per heavy atom. The highest BCUT2D eigenvalue weighted by Gasteiger charge is 2.35. The third-order valence-corrected chi connectivity index (χ3v) is 5.23. The number of rotatable bonds is 5. The van der Waals surface area contributed by atoms with Gasteiger partial charge in [0.2, 0.25) is 0 Å². The van der Waals surface area contributed by atoms with Gasteiger partial charge in [-0.15, -0.1) is 0 Å². The van der Waals surface area contributed by atoms with Crippen LogP contribution in [0.15, 0.2) is 42.5 Å². The van der Waals surface area contributed by atoms with Gasteiger partial charge in [0.25, 0.3) is 11.8 Å². The standard InChI is InChI=1S/C24H31ClN2O2/c1-7-10-21(24(4,5)6)27(23(29)18-14-16(2)13-17(3)15-18)26-22(28)19-11-8-9-12-20(19)25/h8-9,11-15,21H,7,10H2,1-6H3,(H,26,28)/t21-/m0/s1. The topological polar surface area (TPSA) is 49.4 Å². The van der Waals surface area contributed by atoms with Crippen molar-refractivity contribution in [2.24, 2.45) is 5.41 Å². The van der Waals surface area contributed by atoms with E-state index in [0.29, 0.717) is 16.1 Å². The summed E-state index contributed by atoms with van der Waals surface area (Å²) in [6.45, 7) is 12.2. The van der Waals surface area contributed by atoms with E-state index in [1.165, 1.54) is 5.01 Å². The third-order valence-electron chi connectivity index (χ3n) is 4.90. The molecule has 1 N–H and O–H groups in total. The molecule has 0 aliphatic heterocycles. The number of hydrogen-bond acceptors (Lipinski definition) is 2. The zero-order valence-electron chi connectivity index (χ0n) is 18.2. The molecular weight excluding hydrogens is 384 g/mol. The number of halogens is 1. The third kappa shape index (κ3) is 5.83. The monoisotopic (exact) mass is 414 g/mol. The lowest BCUT2D eigenvalue weighted by molar-refractivity contribution is 0.0271. The van der Waals surface area contributed by atoms with Gasteiger partial charge in [0.05, 0.1) is 16.6 Å². The highest BCUT2D eigenvalue weighted by atomic mass is 35.5. The Morgan fingerprint density at radius 3 is 2.17 bits per heavy atom. The molecule has 2 rings (SSSR count). The average molecular weight is 415 g/mol. The SMILES string of the molecule is CCC[C@H](N(NC(=O)c1ccccc1Cl)C(=O)c1cc(C)cc(C)c1)C(C)(C)C. The molecule has 1 atom stereocenters. The van der Waals surface area contributed by atoms with Crippen molar-refractivity contribution in [2.75, 3.05) is 0 Å². The molecule has 0 aliphatic carbocycles. The second-order valence-electron chi connectivity index (χ2n) is 8.64. The number of hydrogen-bond donors (Lipinski definition) is 1. The van der Waals surface area contributed by atoms with Gasteiger partial charge >= 0.3 is 0 Å². The van der Waals surface area contributed by atoms with Crippen LogP contribution in [0.3, 0.4) is 0 Å². The normalized spacial score (nSPS) is 12.4. The van der Waals surface area contributed by atoms with Crippen LogP contribution in [0, 0.1) is 19.3 Å². The zero-order valence-corrected chi connectivity index (χ0v) is 18.9. The Morgan fingerprint density at radius 2 is 1.66 bits per heavy atom. The molecule has 0 heterocycles. The molecule has 0 unspecified atom stereocenters. The number of nitrogens with zero attached hydrogens (tertiary/aromatic N) is 1. The van der Waals surface area contributed by atoms with E-state index >= 15 is 0 Å². The lowest BCUT2D eigenvalue weighted by Crippen LogP contribution is -2.56. The lowest BCUT2D eigenvalue weighted by atomic mass is 9.83. The molecule has 0 bridgehead atoms. The number of amides is 2. The fourth-order valence-corrected chi connectivity index (χ4v) is 3.77. The van der Waals surface area contributed by atoms with Crippen LogP contribution >= 0.6 is 11.6 Å². The summed E-state index contributed by atoms with van der Waals surface area (Å²) in [6.07, 6.45) is 1.66. The summed E-state index contributed by atoms with van der Waals surface area (Å²) in [5.41, 5.74) is 5.56. The molecule has 0 aromatic heterocycles. The van der Waals surface area contributed by atoms with E-state index in [0.717, 1.165) is 24.0 Å². The largest absolute Gasteiger partial charge is 0.272 e. The minimum Gasteiger partial charge on any atom is -0.267 e. The fourth-order valence-electron chi connectivity index (χ4n) is 3.55. The second-order valence-corrected chi connectivity index (χ2v) is 9.05. The van der Waals surface area contributed by atoms with Crippen molar-refractivity contribution in [1.82, 2.24) is 10.4 Å². The predicted octanol–water partition coefficient (Wildman–Crippen LogP) is 5.96. The molecule has 156 valence electrons. The number of aryl methyl sites for hydroxylation is 2. The van der Waals surface area contributed by atoms with Crippen LogP contribution in [0.1, 0.15) is 72.4 Å². The Kier molecular flexibility index (Phi) is 7.48. The van der Waals surface area contributed by atoms with Gasteiger partial charge in [-0.2, -0.15) is 0 Å². The molecule has 29 heavy (non-hydrogen) atoms. The van der Waals surface area contributed by atoms with Gasteiger partial charge in [-0.05, 0) is 49.9 Å². The van der Waals surface area contributed by atoms with E-state index in [2.05, 4.69) is 33.1 Å². The molecular formula is C24H31ClN2O2. The average Bonchev–Trinajstić information content (AvgIpc) is 2.62. The first-order valence-electron chi connectivity index (χ1n) is 10.0. The zero-order chi connectivity index (χ0) is 21.8. The maximum Gasteiger partial charge on any atom is 0.272 e. The van der Waals surface area contributed by atoms with E-state index in [4.69, 9.17) is 11.6 Å². The van der Waals surface area contributed by atoms with Crippen LogP contribution in [0.2, 0.25) is 5.02 Å². The molecule has 0 saturated heterocycles. The Labute approximate surface area is 179 Å². The quantitative estimate of drug-likeness (QED) is 0.613. The van der Waals surface area contributed by atoms with Crippen LogP contribution in [-0.4, -0.2) is 22.9 Å². The summed E-state index contributed by atoms with van der Waals surface area (Å²) < 4.78 is 0. The van der Waals surface area contributed by atoms with Crippen molar-refractivity contribution in [1.29, 1.82) is 0 Å². The van der Waals surface area contributed by atoms with E-state index in [9.17, 15) is 9.59 Å². The number of carbonyl (C=O) groups excluding carboxylic acids is 2. The van der Waals surface area contributed by atoms with Gasteiger partial charge in [-0.1, -0.05) is 75.0 Å². The minimum atomic E-state index is -0.390. The van der Waals surface area contributed by atoms with Crippen molar-refractivity contribution in [2.45, 2.75) is 60.4 Å². The smallest absolute Gasteiger partial charge is 0.267 e. The van der Waals surface area contributed by atoms with Gasteiger partial charge in [0.1, 0.15) is 0 Å². The number of hydrazine groups is 1. The molecule has 0 saturated carbocycles. The summed E-state index contributed by atoms with van der Waals surface area (Å²) in [5.74, 6) is -0.607. The van der Waals surface area contributed by atoms with Gasteiger partial charge < -0.3 is 0 Å². The molecule has 2 aromatic carbocycles. The molecule has 2 aromatic rings. The maximum absolute atomic E-state index is 13.5. The minimum absolute atomic E-state index is 0.174. The van der Waals surface area contributed by atoms with Crippen LogP contribution < -0.4 is 5.43 Å². The van der Waals surface area contributed by atoms with Crippen LogP contribution in [0.5, 0.6) is 0 Å². The fraction of sp³-hybridized carbons (Fsp3) is 0.417. The molecule has 0 spiro atoms. The van der Waals surface area contributed by atoms with Crippen molar-refractivity contribution in [3.05, 3.63) is 69.7 Å². The predicted molar refractivity (Wildman–Crippen MR) is 119 cm³/mol. The number of carbonyl (C=O) groups is 2. The molecule has 2 amide bonds. The van der Waals surface area contributed by atoms with Crippen molar-refractivity contribution in [3.63, 3.8) is 0 Å². The van der Waals surface area contributed by atoms with Crippen LogP contribution in [-0.2, 0) is 0 Å². The van der Waals surface area contributed by atoms with E-state index in [1.807, 2.05) is 32.0 Å². The highest BCUT2D eigenvalue weighted by Crippen LogP contribution is 2.29. The van der Waals surface area contributed by atoms with Gasteiger partial charge in [0, 0.05) is 5.56 Å². The molecule has 0 aliphatic rings. The van der Waals surface area contributed by atoms with E-state index < -0.39 is 5.91 Å². The van der Waals surface area contributed by atoms with Gasteiger partial charge in [-0.3, -0.25) is 15.0 Å². The Bertz CT molecular complexity index is 866. The van der Waals surface area contributed by atoms with Crippen molar-refractivity contribution < 1.29 is 9.59 Å². The number of benzene rings is 2. The number of nitrogens with one attached hydrogen (secondary N) is 1. The Hall–Kier alpha value is -2.33. The summed E-state index contributed by atoms with van der Waals surface area (Å²) >= 11 is 6.21. The van der Waals surface area contributed by atoms with Crippen LogP contribution in [0.25, 0.3) is 0 Å². The van der Waals surface area contributed by atoms with Crippen molar-refractivity contribution >= 4 is 23.4 Å². The molecule has 5 heteroatoms. The lowest BCUT2D eigenvalue weighted by Gasteiger charge is -2.40. The maximum atomic E-state index is 13.5. The summed E-state index contributed by atoms with van der Waals surface area (Å²) in [4.78, 5) is 26.5. The first-order chi connectivity index (χ1) is 13.5. The first-order valence-corrected chi connectivity index (χ1v) is 10.4. The Balaban J connectivity index is 2.48. The molecule has 0 radical (unpaired) electrons. The summed E-state index contributed by atoms with van der Waals surface area (Å²) in [5, 5.41) is 1.86. The molecule has 4 nitrogen and oxygen atoms in total. The highest BCUT2D eigenvalue weighted by molar-refractivity contribution is 6.33. The van der Waals surface area contributed by atoms with E-state index in [-0.39, 0.29) is 17.4 Å².